The van der Waals surface area contributed by atoms with Crippen molar-refractivity contribution in [3.8, 4) is 0 Å². The van der Waals surface area contributed by atoms with Crippen molar-refractivity contribution in [3.05, 3.63) is 0 Å². The normalized spacial score (nSPS) is 18.4. The molecule has 0 spiro atoms. The van der Waals surface area contributed by atoms with Crippen LogP contribution in [0.1, 0.15) is 92.4 Å². The number of rotatable bonds is 15. The van der Waals surface area contributed by atoms with Gasteiger partial charge in [0.15, 0.2) is 0 Å². The summed E-state index contributed by atoms with van der Waals surface area (Å²) in [7, 11) is 1.80. The smallest absolute Gasteiger partial charge is 0.0948 e. The monoisotopic (exact) mass is 343 g/mol. The van der Waals surface area contributed by atoms with Crippen LogP contribution in [0, 0.1) is 17.8 Å². The minimum atomic E-state index is -0.979. The van der Waals surface area contributed by atoms with Gasteiger partial charge < -0.3 is 15.5 Å². The van der Waals surface area contributed by atoms with Gasteiger partial charge in [-0.05, 0) is 38.1 Å². The number of nitrogens with one attached hydrogen (secondary N) is 1. The van der Waals surface area contributed by atoms with Crippen molar-refractivity contribution in [1.82, 2.24) is 5.32 Å². The molecular weight excluding hydrogens is 298 g/mol. The number of aliphatic hydroxyl groups is 2. The standard InChI is InChI=1S/C21H45NO2/c1-17(2)10-7-11-18(3)12-8-13-19(4)14-9-15-21(5,24)20(23)16-22-6/h17-20,22-24H,7-16H2,1-6H3. The topological polar surface area (TPSA) is 52.5 Å². The van der Waals surface area contributed by atoms with Gasteiger partial charge in [0.1, 0.15) is 0 Å². The van der Waals surface area contributed by atoms with E-state index in [1.807, 2.05) is 0 Å². The lowest BCUT2D eigenvalue weighted by Crippen LogP contribution is -2.44. The van der Waals surface area contributed by atoms with Crippen LogP contribution in [0.15, 0.2) is 0 Å². The first-order valence-electron chi connectivity index (χ1n) is 10.2. The van der Waals surface area contributed by atoms with Gasteiger partial charge in [-0.2, -0.15) is 0 Å². The van der Waals surface area contributed by atoms with Gasteiger partial charge in [0.05, 0.1) is 11.7 Å². The molecular formula is C21H45NO2. The Hall–Kier alpha value is -0.120. The van der Waals surface area contributed by atoms with Crippen LogP contribution in [-0.2, 0) is 0 Å². The zero-order valence-electron chi connectivity index (χ0n) is 17.3. The minimum Gasteiger partial charge on any atom is -0.389 e. The summed E-state index contributed by atoms with van der Waals surface area (Å²) in [5.74, 6) is 2.40. The van der Waals surface area contributed by atoms with E-state index in [9.17, 15) is 10.2 Å². The largest absolute Gasteiger partial charge is 0.389 e. The van der Waals surface area contributed by atoms with Crippen molar-refractivity contribution < 1.29 is 10.2 Å². The van der Waals surface area contributed by atoms with Crippen LogP contribution in [0.2, 0.25) is 0 Å². The molecule has 3 N–H and O–H groups in total. The molecule has 0 saturated carbocycles. The van der Waals surface area contributed by atoms with E-state index in [0.29, 0.717) is 18.9 Å². The first-order chi connectivity index (χ1) is 11.2. The molecule has 0 aromatic heterocycles. The summed E-state index contributed by atoms with van der Waals surface area (Å²) in [6.07, 6.45) is 10.2. The van der Waals surface area contributed by atoms with Crippen LogP contribution in [0.4, 0.5) is 0 Å². The molecule has 0 aromatic rings. The second-order valence-corrected chi connectivity index (χ2v) is 8.79. The molecule has 0 fully saturated rings. The SMILES string of the molecule is CNCC(O)C(C)(O)CCCC(C)CCCC(C)CCCC(C)C. The lowest BCUT2D eigenvalue weighted by Gasteiger charge is -2.29. The van der Waals surface area contributed by atoms with E-state index in [2.05, 4.69) is 33.0 Å². The number of hydrogen-bond acceptors (Lipinski definition) is 3. The van der Waals surface area contributed by atoms with Gasteiger partial charge in [-0.1, -0.05) is 79.1 Å². The first kappa shape index (κ1) is 23.9. The summed E-state index contributed by atoms with van der Waals surface area (Å²) < 4.78 is 0. The molecule has 24 heavy (non-hydrogen) atoms. The Kier molecular flexibility index (Phi) is 13.1. The van der Waals surface area contributed by atoms with Crippen molar-refractivity contribution >= 4 is 0 Å². The average Bonchev–Trinajstić information content (AvgIpc) is 2.46. The van der Waals surface area contributed by atoms with Crippen LogP contribution < -0.4 is 5.32 Å². The zero-order chi connectivity index (χ0) is 18.6. The summed E-state index contributed by atoms with van der Waals surface area (Å²) in [5, 5.41) is 23.2. The van der Waals surface area contributed by atoms with E-state index in [-0.39, 0.29) is 0 Å². The Bertz CT molecular complexity index is 292. The van der Waals surface area contributed by atoms with E-state index in [4.69, 9.17) is 0 Å². The van der Waals surface area contributed by atoms with Crippen LogP contribution in [0.5, 0.6) is 0 Å². The van der Waals surface area contributed by atoms with Crippen molar-refractivity contribution in [1.29, 1.82) is 0 Å². The molecule has 146 valence electrons. The molecule has 0 saturated heterocycles. The fourth-order valence-electron chi connectivity index (χ4n) is 3.37. The van der Waals surface area contributed by atoms with Gasteiger partial charge in [0.2, 0.25) is 0 Å². The van der Waals surface area contributed by atoms with Gasteiger partial charge in [-0.25, -0.2) is 0 Å². The number of aliphatic hydroxyl groups excluding tert-OH is 1. The molecule has 4 unspecified atom stereocenters. The summed E-state index contributed by atoms with van der Waals surface area (Å²) in [5.41, 5.74) is -0.979. The second-order valence-electron chi connectivity index (χ2n) is 8.79. The Morgan fingerprint density at radius 2 is 1.29 bits per heavy atom. The van der Waals surface area contributed by atoms with Crippen LogP contribution in [-0.4, -0.2) is 35.5 Å². The van der Waals surface area contributed by atoms with E-state index in [1.54, 1.807) is 14.0 Å². The van der Waals surface area contributed by atoms with Crippen molar-refractivity contribution in [2.75, 3.05) is 13.6 Å². The van der Waals surface area contributed by atoms with Gasteiger partial charge in [0.25, 0.3) is 0 Å². The highest BCUT2D eigenvalue weighted by Crippen LogP contribution is 2.24. The number of hydrogen-bond donors (Lipinski definition) is 3. The van der Waals surface area contributed by atoms with Crippen molar-refractivity contribution in [2.24, 2.45) is 17.8 Å². The molecule has 0 radical (unpaired) electrons. The Morgan fingerprint density at radius 1 is 0.833 bits per heavy atom. The van der Waals surface area contributed by atoms with Gasteiger partial charge in [-0.3, -0.25) is 0 Å². The third-order valence-corrected chi connectivity index (χ3v) is 5.37. The summed E-state index contributed by atoms with van der Waals surface area (Å²) >= 11 is 0. The highest BCUT2D eigenvalue weighted by molar-refractivity contribution is 4.83. The lowest BCUT2D eigenvalue weighted by atomic mass is 9.88. The fraction of sp³-hybridized carbons (Fsp3) is 1.00. The van der Waals surface area contributed by atoms with Crippen LogP contribution in [0.25, 0.3) is 0 Å². The molecule has 0 rings (SSSR count). The second kappa shape index (κ2) is 13.1. The summed E-state index contributed by atoms with van der Waals surface area (Å²) in [4.78, 5) is 0. The van der Waals surface area contributed by atoms with Crippen LogP contribution >= 0.6 is 0 Å². The molecule has 0 aromatic carbocycles. The van der Waals surface area contributed by atoms with Crippen molar-refractivity contribution in [2.45, 2.75) is 104 Å². The highest BCUT2D eigenvalue weighted by atomic mass is 16.3. The van der Waals surface area contributed by atoms with Gasteiger partial charge >= 0.3 is 0 Å². The fourth-order valence-corrected chi connectivity index (χ4v) is 3.37. The highest BCUT2D eigenvalue weighted by Gasteiger charge is 2.29. The molecule has 0 heterocycles. The Morgan fingerprint density at radius 3 is 1.75 bits per heavy atom. The quantitative estimate of drug-likeness (QED) is 0.402. The lowest BCUT2D eigenvalue weighted by molar-refractivity contribution is -0.0663. The summed E-state index contributed by atoms with van der Waals surface area (Å²) in [6, 6.07) is 0. The third-order valence-electron chi connectivity index (χ3n) is 5.37. The molecule has 0 aliphatic heterocycles. The molecule has 0 amide bonds. The molecule has 0 bridgehead atoms. The summed E-state index contributed by atoms with van der Waals surface area (Å²) in [6.45, 7) is 11.5. The molecule has 3 nitrogen and oxygen atoms in total. The van der Waals surface area contributed by atoms with Gasteiger partial charge in [0, 0.05) is 6.54 Å². The molecule has 0 aliphatic rings. The van der Waals surface area contributed by atoms with Gasteiger partial charge in [-0.15, -0.1) is 0 Å². The van der Waals surface area contributed by atoms with E-state index < -0.39 is 11.7 Å². The van der Waals surface area contributed by atoms with Crippen molar-refractivity contribution in [3.63, 3.8) is 0 Å². The van der Waals surface area contributed by atoms with E-state index in [0.717, 1.165) is 24.7 Å². The Balaban J connectivity index is 3.74. The van der Waals surface area contributed by atoms with Crippen LogP contribution in [0.3, 0.4) is 0 Å². The third kappa shape index (κ3) is 12.3. The Labute approximate surface area is 151 Å². The predicted molar refractivity (Wildman–Crippen MR) is 105 cm³/mol. The van der Waals surface area contributed by atoms with E-state index >= 15 is 0 Å². The molecule has 0 aliphatic carbocycles. The number of likely N-dealkylation sites (N-methyl/N-ethyl adjacent to an activating group) is 1. The van der Waals surface area contributed by atoms with E-state index in [1.165, 1.54) is 38.5 Å². The maximum absolute atomic E-state index is 10.3. The maximum atomic E-state index is 10.3. The zero-order valence-corrected chi connectivity index (χ0v) is 17.3. The molecule has 3 heteroatoms. The average molecular weight is 344 g/mol. The maximum Gasteiger partial charge on any atom is 0.0948 e. The minimum absolute atomic E-state index is 0.442. The molecule has 4 atom stereocenters. The first-order valence-corrected chi connectivity index (χ1v) is 10.2. The predicted octanol–water partition coefficient (Wildman–Crippen LogP) is 4.76.